The molecule has 0 aromatic carbocycles. The second-order valence-electron chi connectivity index (χ2n) is 3.69. The van der Waals surface area contributed by atoms with E-state index in [0.29, 0.717) is 0 Å². The van der Waals surface area contributed by atoms with Gasteiger partial charge in [0.05, 0.1) is 6.54 Å². The average molecular weight is 196 g/mol. The molecule has 1 heterocycles. The molecule has 4 heteroatoms. The molecule has 0 amide bonds. The first-order valence-electron chi connectivity index (χ1n) is 5.09. The van der Waals surface area contributed by atoms with Gasteiger partial charge in [0.25, 0.3) is 0 Å². The van der Waals surface area contributed by atoms with Gasteiger partial charge in [0.1, 0.15) is 5.82 Å². The summed E-state index contributed by atoms with van der Waals surface area (Å²) >= 11 is 0. The zero-order valence-corrected chi connectivity index (χ0v) is 9.11. The van der Waals surface area contributed by atoms with Crippen molar-refractivity contribution in [2.75, 3.05) is 20.1 Å². The topological polar surface area (TPSA) is 47.1 Å². The lowest BCUT2D eigenvalue weighted by Crippen LogP contribution is -2.21. The van der Waals surface area contributed by atoms with Gasteiger partial charge in [-0.15, -0.1) is 0 Å². The molecule has 0 aliphatic heterocycles. The summed E-state index contributed by atoms with van der Waals surface area (Å²) in [7, 11) is 4.14. The van der Waals surface area contributed by atoms with Crippen molar-refractivity contribution in [2.24, 2.45) is 12.8 Å². The van der Waals surface area contributed by atoms with Gasteiger partial charge >= 0.3 is 0 Å². The molecule has 0 aliphatic rings. The fraction of sp³-hybridized carbons (Fsp3) is 0.700. The highest BCUT2D eigenvalue weighted by molar-refractivity contribution is 4.90. The average Bonchev–Trinajstić information content (AvgIpc) is 2.52. The second kappa shape index (κ2) is 5.78. The van der Waals surface area contributed by atoms with Gasteiger partial charge in [0.2, 0.25) is 0 Å². The van der Waals surface area contributed by atoms with Gasteiger partial charge in [-0.05, 0) is 33.0 Å². The molecular weight excluding hydrogens is 176 g/mol. The monoisotopic (exact) mass is 196 g/mol. The van der Waals surface area contributed by atoms with E-state index in [0.717, 1.165) is 38.3 Å². The van der Waals surface area contributed by atoms with Crippen LogP contribution in [-0.2, 0) is 13.6 Å². The highest BCUT2D eigenvalue weighted by Gasteiger charge is 2.03. The normalized spacial score (nSPS) is 11.1. The van der Waals surface area contributed by atoms with E-state index in [9.17, 15) is 0 Å². The highest BCUT2D eigenvalue weighted by atomic mass is 15.1. The summed E-state index contributed by atoms with van der Waals surface area (Å²) in [6.07, 6.45) is 6.08. The first-order chi connectivity index (χ1) is 6.74. The predicted octanol–water partition coefficient (Wildman–Crippen LogP) is 0.591. The summed E-state index contributed by atoms with van der Waals surface area (Å²) in [4.78, 5) is 6.56. The number of aryl methyl sites for hydroxylation is 1. The maximum Gasteiger partial charge on any atom is 0.122 e. The van der Waals surface area contributed by atoms with Crippen LogP contribution in [0.15, 0.2) is 12.4 Å². The van der Waals surface area contributed by atoms with Crippen LogP contribution in [0.5, 0.6) is 0 Å². The molecule has 0 saturated heterocycles. The minimum Gasteiger partial charge on any atom is -0.337 e. The minimum absolute atomic E-state index is 0.788. The standard InChI is InChI=1S/C10H20N4/c1-13(7-4-3-5-11)9-10-12-6-8-14(10)2/h6,8H,3-5,7,9,11H2,1-2H3. The number of nitrogens with zero attached hydrogens (tertiary/aromatic N) is 3. The number of nitrogens with two attached hydrogens (primary N) is 1. The smallest absolute Gasteiger partial charge is 0.122 e. The van der Waals surface area contributed by atoms with Crippen molar-refractivity contribution < 1.29 is 0 Å². The van der Waals surface area contributed by atoms with E-state index >= 15 is 0 Å². The minimum atomic E-state index is 0.788. The Morgan fingerprint density at radius 2 is 2.29 bits per heavy atom. The Bertz CT molecular complexity index is 256. The van der Waals surface area contributed by atoms with Crippen LogP contribution in [0.1, 0.15) is 18.7 Å². The third-order valence-corrected chi connectivity index (χ3v) is 2.33. The van der Waals surface area contributed by atoms with Gasteiger partial charge in [-0.2, -0.15) is 0 Å². The zero-order chi connectivity index (χ0) is 10.4. The van der Waals surface area contributed by atoms with Crippen molar-refractivity contribution in [1.82, 2.24) is 14.5 Å². The first kappa shape index (κ1) is 11.2. The molecule has 14 heavy (non-hydrogen) atoms. The number of imidazole rings is 1. The molecule has 0 spiro atoms. The van der Waals surface area contributed by atoms with Crippen LogP contribution in [0.2, 0.25) is 0 Å². The Morgan fingerprint density at radius 1 is 1.50 bits per heavy atom. The Labute approximate surface area is 85.7 Å². The van der Waals surface area contributed by atoms with E-state index in [1.165, 1.54) is 0 Å². The predicted molar refractivity (Wildman–Crippen MR) is 57.8 cm³/mol. The lowest BCUT2D eigenvalue weighted by molar-refractivity contribution is 0.308. The van der Waals surface area contributed by atoms with E-state index in [1.807, 2.05) is 19.4 Å². The van der Waals surface area contributed by atoms with Gasteiger partial charge in [0.15, 0.2) is 0 Å². The summed E-state index contributed by atoms with van der Waals surface area (Å²) < 4.78 is 2.05. The van der Waals surface area contributed by atoms with Gasteiger partial charge < -0.3 is 10.3 Å². The molecule has 2 N–H and O–H groups in total. The molecule has 1 rings (SSSR count). The Kier molecular flexibility index (Phi) is 4.62. The van der Waals surface area contributed by atoms with Gasteiger partial charge in [0, 0.05) is 19.4 Å². The molecule has 4 nitrogen and oxygen atoms in total. The van der Waals surface area contributed by atoms with Crippen molar-refractivity contribution >= 4 is 0 Å². The molecule has 0 radical (unpaired) electrons. The van der Waals surface area contributed by atoms with Gasteiger partial charge in [-0.1, -0.05) is 0 Å². The van der Waals surface area contributed by atoms with Crippen LogP contribution in [0.3, 0.4) is 0 Å². The van der Waals surface area contributed by atoms with Crippen molar-refractivity contribution in [3.05, 3.63) is 18.2 Å². The molecule has 1 aromatic rings. The highest BCUT2D eigenvalue weighted by Crippen LogP contribution is 2.00. The number of unbranched alkanes of at least 4 members (excludes halogenated alkanes) is 1. The van der Waals surface area contributed by atoms with Crippen LogP contribution in [0.4, 0.5) is 0 Å². The summed E-state index contributed by atoms with van der Waals surface area (Å²) in [5.41, 5.74) is 5.44. The quantitative estimate of drug-likeness (QED) is 0.677. The van der Waals surface area contributed by atoms with Crippen LogP contribution < -0.4 is 5.73 Å². The molecular formula is C10H20N4. The third-order valence-electron chi connectivity index (χ3n) is 2.33. The molecule has 0 unspecified atom stereocenters. The van der Waals surface area contributed by atoms with Crippen molar-refractivity contribution in [1.29, 1.82) is 0 Å². The Hall–Kier alpha value is -0.870. The molecule has 0 saturated carbocycles. The summed E-state index contributed by atoms with van der Waals surface area (Å²) in [5.74, 6) is 1.11. The van der Waals surface area contributed by atoms with E-state index in [-0.39, 0.29) is 0 Å². The zero-order valence-electron chi connectivity index (χ0n) is 9.11. The number of hydrogen-bond donors (Lipinski definition) is 1. The molecule has 0 fully saturated rings. The van der Waals surface area contributed by atoms with E-state index in [1.54, 1.807) is 0 Å². The van der Waals surface area contributed by atoms with E-state index in [4.69, 9.17) is 5.73 Å². The Balaban J connectivity index is 2.27. The SMILES string of the molecule is CN(CCCCN)Cc1nccn1C. The fourth-order valence-electron chi connectivity index (χ4n) is 1.40. The number of aromatic nitrogens is 2. The fourth-order valence-corrected chi connectivity index (χ4v) is 1.40. The van der Waals surface area contributed by atoms with E-state index in [2.05, 4.69) is 21.5 Å². The molecule has 0 atom stereocenters. The van der Waals surface area contributed by atoms with Crippen LogP contribution in [0.25, 0.3) is 0 Å². The van der Waals surface area contributed by atoms with Gasteiger partial charge in [-0.3, -0.25) is 4.90 Å². The number of rotatable bonds is 6. The van der Waals surface area contributed by atoms with E-state index < -0.39 is 0 Å². The third kappa shape index (κ3) is 3.47. The van der Waals surface area contributed by atoms with Crippen LogP contribution in [-0.4, -0.2) is 34.6 Å². The maximum absolute atomic E-state index is 5.44. The molecule has 80 valence electrons. The van der Waals surface area contributed by atoms with Crippen LogP contribution in [0, 0.1) is 0 Å². The first-order valence-corrected chi connectivity index (χ1v) is 5.09. The van der Waals surface area contributed by atoms with Crippen LogP contribution >= 0.6 is 0 Å². The Morgan fingerprint density at radius 3 is 2.86 bits per heavy atom. The van der Waals surface area contributed by atoms with Crippen molar-refractivity contribution in [3.8, 4) is 0 Å². The molecule has 0 bridgehead atoms. The second-order valence-corrected chi connectivity index (χ2v) is 3.69. The van der Waals surface area contributed by atoms with Crippen molar-refractivity contribution in [3.63, 3.8) is 0 Å². The largest absolute Gasteiger partial charge is 0.337 e. The summed E-state index contributed by atoms with van der Waals surface area (Å²) in [6, 6.07) is 0. The van der Waals surface area contributed by atoms with Crippen molar-refractivity contribution in [2.45, 2.75) is 19.4 Å². The lowest BCUT2D eigenvalue weighted by atomic mass is 10.3. The molecule has 0 aliphatic carbocycles. The van der Waals surface area contributed by atoms with Gasteiger partial charge in [-0.25, -0.2) is 4.98 Å². The maximum atomic E-state index is 5.44. The summed E-state index contributed by atoms with van der Waals surface area (Å²) in [6.45, 7) is 2.79. The summed E-state index contributed by atoms with van der Waals surface area (Å²) in [5, 5.41) is 0. The molecule has 1 aromatic heterocycles. The lowest BCUT2D eigenvalue weighted by Gasteiger charge is -2.15. The number of hydrogen-bond acceptors (Lipinski definition) is 3.